The SMILES string of the molecule is c1coc(CNC2CCCNC2)c1. The molecule has 0 bridgehead atoms. The molecule has 72 valence electrons. The van der Waals surface area contributed by atoms with Crippen LogP contribution in [0.1, 0.15) is 18.6 Å². The molecule has 1 atom stereocenters. The number of hydrogen-bond donors (Lipinski definition) is 2. The topological polar surface area (TPSA) is 37.2 Å². The van der Waals surface area contributed by atoms with E-state index >= 15 is 0 Å². The number of rotatable bonds is 3. The summed E-state index contributed by atoms with van der Waals surface area (Å²) in [6.45, 7) is 3.10. The zero-order chi connectivity index (χ0) is 8.93. The van der Waals surface area contributed by atoms with E-state index in [1.807, 2.05) is 12.1 Å². The van der Waals surface area contributed by atoms with Gasteiger partial charge in [-0.1, -0.05) is 0 Å². The molecular weight excluding hydrogens is 164 g/mol. The van der Waals surface area contributed by atoms with Crippen LogP contribution in [0.5, 0.6) is 0 Å². The van der Waals surface area contributed by atoms with Crippen LogP contribution in [0.2, 0.25) is 0 Å². The zero-order valence-corrected chi connectivity index (χ0v) is 7.75. The summed E-state index contributed by atoms with van der Waals surface area (Å²) < 4.78 is 5.24. The van der Waals surface area contributed by atoms with E-state index in [9.17, 15) is 0 Å². The van der Waals surface area contributed by atoms with E-state index in [-0.39, 0.29) is 0 Å². The highest BCUT2D eigenvalue weighted by Crippen LogP contribution is 2.04. The van der Waals surface area contributed by atoms with E-state index in [1.165, 1.54) is 19.4 Å². The van der Waals surface area contributed by atoms with Crippen LogP contribution in [0, 0.1) is 0 Å². The minimum atomic E-state index is 0.610. The molecule has 2 rings (SSSR count). The van der Waals surface area contributed by atoms with Gasteiger partial charge in [-0.25, -0.2) is 0 Å². The molecule has 1 saturated heterocycles. The standard InChI is InChI=1S/C10H16N2O/c1-3-9(7-11-5-1)12-8-10-4-2-6-13-10/h2,4,6,9,11-12H,1,3,5,7-8H2. The Labute approximate surface area is 78.5 Å². The second kappa shape index (κ2) is 4.44. The molecule has 0 aliphatic carbocycles. The Morgan fingerprint density at radius 1 is 1.62 bits per heavy atom. The van der Waals surface area contributed by atoms with Crippen LogP contribution in [0.4, 0.5) is 0 Å². The molecule has 2 N–H and O–H groups in total. The zero-order valence-electron chi connectivity index (χ0n) is 7.75. The van der Waals surface area contributed by atoms with Crippen molar-refractivity contribution in [3.05, 3.63) is 24.2 Å². The quantitative estimate of drug-likeness (QED) is 0.732. The van der Waals surface area contributed by atoms with Gasteiger partial charge in [-0.3, -0.25) is 0 Å². The molecule has 1 aromatic heterocycles. The Morgan fingerprint density at radius 2 is 2.62 bits per heavy atom. The number of furan rings is 1. The number of hydrogen-bond acceptors (Lipinski definition) is 3. The molecule has 0 saturated carbocycles. The minimum absolute atomic E-state index is 0.610. The monoisotopic (exact) mass is 180 g/mol. The van der Waals surface area contributed by atoms with Gasteiger partial charge >= 0.3 is 0 Å². The average Bonchev–Trinajstić information content (AvgIpc) is 2.69. The van der Waals surface area contributed by atoms with Crippen molar-refractivity contribution in [2.24, 2.45) is 0 Å². The first kappa shape index (κ1) is 8.78. The predicted molar refractivity (Wildman–Crippen MR) is 51.4 cm³/mol. The van der Waals surface area contributed by atoms with Crippen molar-refractivity contribution >= 4 is 0 Å². The molecule has 0 amide bonds. The van der Waals surface area contributed by atoms with Crippen LogP contribution in [0.3, 0.4) is 0 Å². The summed E-state index contributed by atoms with van der Waals surface area (Å²) in [4.78, 5) is 0. The summed E-state index contributed by atoms with van der Waals surface area (Å²) in [5.74, 6) is 1.02. The summed E-state index contributed by atoms with van der Waals surface area (Å²) >= 11 is 0. The third-order valence-electron chi connectivity index (χ3n) is 2.44. The van der Waals surface area contributed by atoms with Crippen molar-refractivity contribution in [1.82, 2.24) is 10.6 Å². The van der Waals surface area contributed by atoms with Gasteiger partial charge in [-0.05, 0) is 31.5 Å². The van der Waals surface area contributed by atoms with Gasteiger partial charge in [0.05, 0.1) is 12.8 Å². The van der Waals surface area contributed by atoms with Gasteiger partial charge in [0.25, 0.3) is 0 Å². The van der Waals surface area contributed by atoms with E-state index in [4.69, 9.17) is 4.42 Å². The largest absolute Gasteiger partial charge is 0.468 e. The second-order valence-electron chi connectivity index (χ2n) is 3.50. The Bertz CT molecular complexity index is 227. The van der Waals surface area contributed by atoms with Crippen LogP contribution >= 0.6 is 0 Å². The highest BCUT2D eigenvalue weighted by molar-refractivity contribution is 4.97. The van der Waals surface area contributed by atoms with Crippen LogP contribution in [0.15, 0.2) is 22.8 Å². The van der Waals surface area contributed by atoms with E-state index in [0.29, 0.717) is 6.04 Å². The summed E-state index contributed by atoms with van der Waals surface area (Å²) in [5.41, 5.74) is 0. The van der Waals surface area contributed by atoms with Crippen molar-refractivity contribution in [1.29, 1.82) is 0 Å². The van der Waals surface area contributed by atoms with Gasteiger partial charge in [-0.15, -0.1) is 0 Å². The van der Waals surface area contributed by atoms with E-state index in [2.05, 4.69) is 10.6 Å². The third-order valence-corrected chi connectivity index (χ3v) is 2.44. The molecule has 1 fully saturated rings. The molecule has 1 aromatic rings. The summed E-state index contributed by atoms with van der Waals surface area (Å²) in [6.07, 6.45) is 4.26. The lowest BCUT2D eigenvalue weighted by Gasteiger charge is -2.23. The van der Waals surface area contributed by atoms with Crippen LogP contribution in [0.25, 0.3) is 0 Å². The average molecular weight is 180 g/mol. The maximum absolute atomic E-state index is 5.24. The Morgan fingerprint density at radius 3 is 3.31 bits per heavy atom. The van der Waals surface area contributed by atoms with Gasteiger partial charge in [0.2, 0.25) is 0 Å². The summed E-state index contributed by atoms with van der Waals surface area (Å²) in [5, 5.41) is 6.84. The molecule has 1 aliphatic heterocycles. The van der Waals surface area contributed by atoms with Crippen LogP contribution in [-0.4, -0.2) is 19.1 Å². The van der Waals surface area contributed by atoms with Crippen molar-refractivity contribution in [2.75, 3.05) is 13.1 Å². The lowest BCUT2D eigenvalue weighted by molar-refractivity contribution is 0.371. The van der Waals surface area contributed by atoms with E-state index < -0.39 is 0 Å². The maximum Gasteiger partial charge on any atom is 0.117 e. The maximum atomic E-state index is 5.24. The fourth-order valence-corrected chi connectivity index (χ4v) is 1.68. The first-order chi connectivity index (χ1) is 6.45. The molecular formula is C10H16N2O. The number of piperidine rings is 1. The lowest BCUT2D eigenvalue weighted by Crippen LogP contribution is -2.42. The fraction of sp³-hybridized carbons (Fsp3) is 0.600. The lowest BCUT2D eigenvalue weighted by atomic mass is 10.1. The van der Waals surface area contributed by atoms with Gasteiger partial charge < -0.3 is 15.1 Å². The molecule has 1 aliphatic rings. The molecule has 1 unspecified atom stereocenters. The van der Waals surface area contributed by atoms with Gasteiger partial charge in [0.1, 0.15) is 5.76 Å². The Kier molecular flexibility index (Phi) is 3.00. The smallest absolute Gasteiger partial charge is 0.117 e. The van der Waals surface area contributed by atoms with E-state index in [1.54, 1.807) is 6.26 Å². The van der Waals surface area contributed by atoms with Crippen molar-refractivity contribution in [3.8, 4) is 0 Å². The molecule has 0 radical (unpaired) electrons. The fourth-order valence-electron chi connectivity index (χ4n) is 1.68. The highest BCUT2D eigenvalue weighted by atomic mass is 16.3. The van der Waals surface area contributed by atoms with Crippen LogP contribution in [-0.2, 0) is 6.54 Å². The Hall–Kier alpha value is -0.800. The Balaban J connectivity index is 1.72. The highest BCUT2D eigenvalue weighted by Gasteiger charge is 2.11. The molecule has 13 heavy (non-hydrogen) atoms. The third kappa shape index (κ3) is 2.57. The normalized spacial score (nSPS) is 23.2. The van der Waals surface area contributed by atoms with Crippen molar-refractivity contribution in [3.63, 3.8) is 0 Å². The first-order valence-electron chi connectivity index (χ1n) is 4.91. The molecule has 0 aromatic carbocycles. The summed E-state index contributed by atoms with van der Waals surface area (Å²) in [7, 11) is 0. The minimum Gasteiger partial charge on any atom is -0.468 e. The molecule has 2 heterocycles. The van der Waals surface area contributed by atoms with Crippen molar-refractivity contribution in [2.45, 2.75) is 25.4 Å². The first-order valence-corrected chi connectivity index (χ1v) is 4.91. The van der Waals surface area contributed by atoms with Gasteiger partial charge in [0.15, 0.2) is 0 Å². The van der Waals surface area contributed by atoms with Gasteiger partial charge in [0, 0.05) is 12.6 Å². The molecule has 0 spiro atoms. The molecule has 3 nitrogen and oxygen atoms in total. The van der Waals surface area contributed by atoms with Crippen LogP contribution < -0.4 is 10.6 Å². The molecule has 3 heteroatoms. The number of nitrogens with one attached hydrogen (secondary N) is 2. The predicted octanol–water partition coefficient (Wildman–Crippen LogP) is 1.12. The van der Waals surface area contributed by atoms with E-state index in [0.717, 1.165) is 18.8 Å². The van der Waals surface area contributed by atoms with Gasteiger partial charge in [-0.2, -0.15) is 0 Å². The van der Waals surface area contributed by atoms with Crippen molar-refractivity contribution < 1.29 is 4.42 Å². The summed E-state index contributed by atoms with van der Waals surface area (Å²) in [6, 6.07) is 4.54. The second-order valence-corrected chi connectivity index (χ2v) is 3.50.